The van der Waals surface area contributed by atoms with Gasteiger partial charge < -0.3 is 19.0 Å². The predicted molar refractivity (Wildman–Crippen MR) is 149 cm³/mol. The molecule has 0 radical (unpaired) electrons. The number of amides is 2. The molecule has 1 aromatic heterocycles. The van der Waals surface area contributed by atoms with Crippen molar-refractivity contribution in [2.45, 2.75) is 45.4 Å². The Kier molecular flexibility index (Phi) is 6.11. The molecule has 1 spiro atoms. The second kappa shape index (κ2) is 9.50. The van der Waals surface area contributed by atoms with Gasteiger partial charge in [0.15, 0.2) is 11.0 Å². The van der Waals surface area contributed by atoms with Gasteiger partial charge in [0.1, 0.15) is 5.58 Å². The topological polar surface area (TPSA) is 80.1 Å². The van der Waals surface area contributed by atoms with Gasteiger partial charge >= 0.3 is 0 Å². The van der Waals surface area contributed by atoms with E-state index in [2.05, 4.69) is 0 Å². The molecule has 1 unspecified atom stereocenters. The first-order chi connectivity index (χ1) is 18.8. The van der Waals surface area contributed by atoms with Gasteiger partial charge in [0.2, 0.25) is 5.76 Å². The first-order valence-corrected chi connectivity index (χ1v) is 13.3. The maximum atomic E-state index is 14.7. The number of carbonyl (C=O) groups is 2. The van der Waals surface area contributed by atoms with E-state index in [0.717, 1.165) is 11.1 Å². The Morgan fingerprint density at radius 3 is 2.51 bits per heavy atom. The van der Waals surface area contributed by atoms with Crippen molar-refractivity contribution in [2.75, 3.05) is 18.1 Å². The van der Waals surface area contributed by atoms with Gasteiger partial charge in [-0.25, -0.2) is 0 Å². The zero-order valence-corrected chi connectivity index (χ0v) is 22.3. The highest BCUT2D eigenvalue weighted by Crippen LogP contribution is 2.52. The number of hydrogen-bond donors (Lipinski definition) is 0. The second-order valence-corrected chi connectivity index (χ2v) is 10.5. The van der Waals surface area contributed by atoms with Crippen molar-refractivity contribution in [3.63, 3.8) is 0 Å². The fraction of sp³-hybridized carbons (Fsp3) is 0.281. The molecule has 0 bridgehead atoms. The fourth-order valence-electron chi connectivity index (χ4n) is 5.93. The summed E-state index contributed by atoms with van der Waals surface area (Å²) >= 11 is 0. The molecular formula is C32H30N2O5. The summed E-state index contributed by atoms with van der Waals surface area (Å²) in [6, 6.07) is 22.3. The van der Waals surface area contributed by atoms with E-state index in [1.54, 1.807) is 29.2 Å². The monoisotopic (exact) mass is 522 g/mol. The van der Waals surface area contributed by atoms with Gasteiger partial charge in [-0.05, 0) is 51.0 Å². The SMILES string of the molecule is Cc1cccc(CN2C(=O)C3(c4ccccc42)c2c(oc4ccccc4c2=O)C(=O)N3CCCOC(C)C)c1. The van der Waals surface area contributed by atoms with Gasteiger partial charge in [0, 0.05) is 18.7 Å². The number of fused-ring (bicyclic) bond motifs is 5. The van der Waals surface area contributed by atoms with E-state index in [1.165, 1.54) is 4.90 Å². The van der Waals surface area contributed by atoms with E-state index in [-0.39, 0.29) is 35.3 Å². The Morgan fingerprint density at radius 1 is 0.949 bits per heavy atom. The molecule has 1 atom stereocenters. The first-order valence-electron chi connectivity index (χ1n) is 13.3. The number of para-hydroxylation sites is 2. The average molecular weight is 523 g/mol. The summed E-state index contributed by atoms with van der Waals surface area (Å²) in [7, 11) is 0. The molecule has 0 N–H and O–H groups in total. The van der Waals surface area contributed by atoms with Crippen LogP contribution in [-0.2, 0) is 21.6 Å². The van der Waals surface area contributed by atoms with Crippen LogP contribution in [0.4, 0.5) is 5.69 Å². The van der Waals surface area contributed by atoms with Crippen LogP contribution in [0.25, 0.3) is 11.0 Å². The molecule has 3 aromatic carbocycles. The summed E-state index contributed by atoms with van der Waals surface area (Å²) in [5.41, 5.74) is 1.79. The van der Waals surface area contributed by atoms with Gasteiger partial charge in [-0.15, -0.1) is 0 Å². The van der Waals surface area contributed by atoms with Crippen LogP contribution < -0.4 is 10.3 Å². The third kappa shape index (κ3) is 3.80. The first kappa shape index (κ1) is 25.1. The molecule has 6 rings (SSSR count). The molecule has 0 saturated heterocycles. The molecule has 7 heteroatoms. The number of aryl methyl sites for hydroxylation is 1. The highest BCUT2D eigenvalue weighted by molar-refractivity contribution is 6.17. The zero-order chi connectivity index (χ0) is 27.3. The van der Waals surface area contributed by atoms with Gasteiger partial charge in [-0.1, -0.05) is 60.2 Å². The highest BCUT2D eigenvalue weighted by atomic mass is 16.5. The lowest BCUT2D eigenvalue weighted by Gasteiger charge is -2.34. The second-order valence-electron chi connectivity index (χ2n) is 10.5. The number of anilines is 1. The number of carbonyl (C=O) groups excluding carboxylic acids is 2. The van der Waals surface area contributed by atoms with Gasteiger partial charge in [0.05, 0.1) is 29.3 Å². The Balaban J connectivity index is 1.56. The maximum absolute atomic E-state index is 14.7. The quantitative estimate of drug-likeness (QED) is 0.313. The highest BCUT2D eigenvalue weighted by Gasteiger charge is 2.64. The number of hydrogen-bond acceptors (Lipinski definition) is 5. The summed E-state index contributed by atoms with van der Waals surface area (Å²) in [5, 5.41) is 0.343. The van der Waals surface area contributed by atoms with Crippen molar-refractivity contribution < 1.29 is 18.7 Å². The van der Waals surface area contributed by atoms with E-state index < -0.39 is 11.4 Å². The molecule has 39 heavy (non-hydrogen) atoms. The maximum Gasteiger partial charge on any atom is 0.291 e. The molecule has 198 valence electrons. The molecule has 2 aliphatic heterocycles. The number of ether oxygens (including phenoxy) is 1. The lowest BCUT2D eigenvalue weighted by molar-refractivity contribution is -0.126. The Morgan fingerprint density at radius 2 is 1.72 bits per heavy atom. The van der Waals surface area contributed by atoms with Crippen molar-refractivity contribution in [1.29, 1.82) is 0 Å². The van der Waals surface area contributed by atoms with E-state index in [1.807, 2.05) is 69.3 Å². The number of rotatable bonds is 7. The van der Waals surface area contributed by atoms with Gasteiger partial charge in [-0.2, -0.15) is 0 Å². The van der Waals surface area contributed by atoms with Crippen LogP contribution in [0.15, 0.2) is 82.0 Å². The van der Waals surface area contributed by atoms with Gasteiger partial charge in [-0.3, -0.25) is 14.4 Å². The average Bonchev–Trinajstić information content (AvgIpc) is 3.31. The van der Waals surface area contributed by atoms with Crippen molar-refractivity contribution in [1.82, 2.24) is 4.90 Å². The van der Waals surface area contributed by atoms with Crippen LogP contribution in [0.2, 0.25) is 0 Å². The van der Waals surface area contributed by atoms with E-state index in [0.29, 0.717) is 41.8 Å². The third-order valence-electron chi connectivity index (χ3n) is 7.54. The number of nitrogens with zero attached hydrogens (tertiary/aromatic N) is 2. The summed E-state index contributed by atoms with van der Waals surface area (Å²) in [6.07, 6.45) is 0.540. The van der Waals surface area contributed by atoms with Crippen LogP contribution in [-0.4, -0.2) is 36.0 Å². The molecule has 0 aliphatic carbocycles. The minimum absolute atomic E-state index is 0.0395. The zero-order valence-electron chi connectivity index (χ0n) is 22.3. The summed E-state index contributed by atoms with van der Waals surface area (Å²) in [5.74, 6) is -0.855. The van der Waals surface area contributed by atoms with Gasteiger partial charge in [0.25, 0.3) is 11.8 Å². The van der Waals surface area contributed by atoms with E-state index in [9.17, 15) is 14.4 Å². The molecule has 2 amide bonds. The molecule has 4 aromatic rings. The van der Waals surface area contributed by atoms with Crippen LogP contribution in [0.3, 0.4) is 0 Å². The largest absolute Gasteiger partial charge is 0.450 e. The van der Waals surface area contributed by atoms with Crippen LogP contribution in [0, 0.1) is 6.92 Å². The fourth-order valence-corrected chi connectivity index (χ4v) is 5.93. The van der Waals surface area contributed by atoms with Crippen LogP contribution in [0.1, 0.15) is 53.1 Å². The smallest absolute Gasteiger partial charge is 0.291 e. The standard InChI is InChI=1S/C32H30N2O5/c1-20(2)38-17-9-16-34-30(36)29-27(28(35)23-12-4-7-15-26(23)39-29)32(34)24-13-5-6-14-25(24)33(31(32)37)19-22-11-8-10-21(3)18-22/h4-8,10-15,18,20H,9,16-17,19H2,1-3H3. The Labute approximate surface area is 226 Å². The minimum atomic E-state index is -1.62. The summed E-state index contributed by atoms with van der Waals surface area (Å²) < 4.78 is 11.8. The van der Waals surface area contributed by atoms with E-state index >= 15 is 0 Å². The number of benzene rings is 3. The summed E-state index contributed by atoms with van der Waals surface area (Å²) in [4.78, 5) is 46.1. The predicted octanol–water partition coefficient (Wildman–Crippen LogP) is 5.16. The molecular weight excluding hydrogens is 492 g/mol. The third-order valence-corrected chi connectivity index (χ3v) is 7.54. The van der Waals surface area contributed by atoms with E-state index in [4.69, 9.17) is 9.15 Å². The lowest BCUT2D eigenvalue weighted by atomic mass is 9.84. The minimum Gasteiger partial charge on any atom is -0.450 e. The summed E-state index contributed by atoms with van der Waals surface area (Å²) in [6.45, 7) is 6.86. The Hall–Kier alpha value is -4.23. The normalized spacial score (nSPS) is 18.1. The van der Waals surface area contributed by atoms with Crippen molar-refractivity contribution in [2.24, 2.45) is 0 Å². The van der Waals surface area contributed by atoms with Crippen molar-refractivity contribution >= 4 is 28.5 Å². The Bertz CT molecular complexity index is 1670. The van der Waals surface area contributed by atoms with Crippen LogP contribution >= 0.6 is 0 Å². The van der Waals surface area contributed by atoms with Crippen LogP contribution in [0.5, 0.6) is 0 Å². The van der Waals surface area contributed by atoms with Crippen molar-refractivity contribution in [3.8, 4) is 0 Å². The lowest BCUT2D eigenvalue weighted by Crippen LogP contribution is -2.53. The van der Waals surface area contributed by atoms with Crippen molar-refractivity contribution in [3.05, 3.63) is 111 Å². The molecule has 7 nitrogen and oxygen atoms in total. The molecule has 2 aliphatic rings. The molecule has 0 saturated carbocycles. The molecule has 3 heterocycles. The molecule has 0 fully saturated rings.